The van der Waals surface area contributed by atoms with E-state index in [0.29, 0.717) is 5.41 Å². The zero-order valence-corrected chi connectivity index (χ0v) is 10.7. The maximum atomic E-state index is 4.22. The van der Waals surface area contributed by atoms with Gasteiger partial charge in [-0.05, 0) is 49.1 Å². The van der Waals surface area contributed by atoms with Gasteiger partial charge in [-0.1, -0.05) is 13.3 Å². The molecule has 1 aliphatic carbocycles. The molecule has 0 bridgehead atoms. The van der Waals surface area contributed by atoms with Crippen LogP contribution in [0.4, 0.5) is 5.69 Å². The van der Waals surface area contributed by atoms with Crippen molar-refractivity contribution in [2.75, 3.05) is 18.0 Å². The lowest BCUT2D eigenvalue weighted by molar-refractivity contribution is 0.219. The van der Waals surface area contributed by atoms with Crippen LogP contribution in [0.25, 0.3) is 0 Å². The van der Waals surface area contributed by atoms with Gasteiger partial charge < -0.3 is 4.90 Å². The highest BCUT2D eigenvalue weighted by Gasteiger charge is 2.39. The lowest BCUT2D eigenvalue weighted by Crippen LogP contribution is -2.39. The van der Waals surface area contributed by atoms with Crippen LogP contribution in [-0.4, -0.2) is 18.1 Å². The summed E-state index contributed by atoms with van der Waals surface area (Å²) in [6.07, 6.45) is 11.0. The van der Waals surface area contributed by atoms with Crippen LogP contribution < -0.4 is 4.90 Å². The molecule has 0 N–H and O–H groups in total. The molecule has 1 aromatic rings. The van der Waals surface area contributed by atoms with E-state index >= 15 is 0 Å². The van der Waals surface area contributed by atoms with Crippen molar-refractivity contribution in [3.05, 3.63) is 24.5 Å². The van der Waals surface area contributed by atoms with Crippen LogP contribution in [0.2, 0.25) is 0 Å². The molecule has 2 aliphatic rings. The first-order valence-corrected chi connectivity index (χ1v) is 6.92. The quantitative estimate of drug-likeness (QED) is 0.734. The zero-order valence-electron chi connectivity index (χ0n) is 10.7. The van der Waals surface area contributed by atoms with E-state index in [9.17, 15) is 0 Å². The van der Waals surface area contributed by atoms with Gasteiger partial charge in [0.25, 0.3) is 0 Å². The van der Waals surface area contributed by atoms with Crippen molar-refractivity contribution in [3.8, 4) is 0 Å². The number of nitrogens with zero attached hydrogens (tertiary/aromatic N) is 2. The Balaban J connectivity index is 1.65. The molecule has 0 radical (unpaired) electrons. The standard InChI is InChI=1S/C15H22N2/c1-13-4-5-15(11-13)6-9-17(10-7-15)14-3-2-8-16-12-14/h2-3,8,12-13H,4-7,9-11H2,1H3. The van der Waals surface area contributed by atoms with Gasteiger partial charge >= 0.3 is 0 Å². The Labute approximate surface area is 104 Å². The van der Waals surface area contributed by atoms with Crippen molar-refractivity contribution in [1.29, 1.82) is 0 Å². The first-order valence-electron chi connectivity index (χ1n) is 6.92. The van der Waals surface area contributed by atoms with E-state index in [2.05, 4.69) is 22.9 Å². The summed E-state index contributed by atoms with van der Waals surface area (Å²) in [6.45, 7) is 4.86. The topological polar surface area (TPSA) is 16.1 Å². The van der Waals surface area contributed by atoms with Gasteiger partial charge in [0, 0.05) is 19.3 Å². The predicted molar refractivity (Wildman–Crippen MR) is 71.1 cm³/mol. The van der Waals surface area contributed by atoms with Gasteiger partial charge in [0.05, 0.1) is 11.9 Å². The highest BCUT2D eigenvalue weighted by atomic mass is 15.1. The number of anilines is 1. The monoisotopic (exact) mass is 230 g/mol. The van der Waals surface area contributed by atoms with Crippen LogP contribution in [-0.2, 0) is 0 Å². The minimum absolute atomic E-state index is 0.693. The molecule has 3 rings (SSSR count). The van der Waals surface area contributed by atoms with Gasteiger partial charge in [-0.25, -0.2) is 0 Å². The van der Waals surface area contributed by atoms with Gasteiger partial charge in [0.2, 0.25) is 0 Å². The third kappa shape index (κ3) is 2.18. The molecule has 1 saturated carbocycles. The van der Waals surface area contributed by atoms with Gasteiger partial charge in [-0.15, -0.1) is 0 Å². The summed E-state index contributed by atoms with van der Waals surface area (Å²) in [5.41, 5.74) is 1.99. The highest BCUT2D eigenvalue weighted by Crippen LogP contribution is 2.48. The lowest BCUT2D eigenvalue weighted by atomic mass is 9.76. The molecule has 1 aromatic heterocycles. The van der Waals surface area contributed by atoms with E-state index in [-0.39, 0.29) is 0 Å². The third-order valence-electron chi connectivity index (χ3n) is 4.78. The molecule has 2 nitrogen and oxygen atoms in total. The summed E-state index contributed by atoms with van der Waals surface area (Å²) >= 11 is 0. The van der Waals surface area contributed by atoms with E-state index in [4.69, 9.17) is 0 Å². The third-order valence-corrected chi connectivity index (χ3v) is 4.78. The smallest absolute Gasteiger partial charge is 0.0552 e. The van der Waals surface area contributed by atoms with E-state index in [0.717, 1.165) is 5.92 Å². The SMILES string of the molecule is CC1CCC2(CCN(c3cccnc3)CC2)C1. The fourth-order valence-corrected chi connectivity index (χ4v) is 3.73. The average molecular weight is 230 g/mol. The largest absolute Gasteiger partial charge is 0.370 e. The lowest BCUT2D eigenvalue weighted by Gasteiger charge is -2.40. The van der Waals surface area contributed by atoms with Gasteiger partial charge in [0.15, 0.2) is 0 Å². The molecule has 1 spiro atoms. The van der Waals surface area contributed by atoms with Crippen LogP contribution in [0, 0.1) is 11.3 Å². The van der Waals surface area contributed by atoms with Crippen LogP contribution in [0.5, 0.6) is 0 Å². The van der Waals surface area contributed by atoms with Crippen LogP contribution in [0.15, 0.2) is 24.5 Å². The summed E-state index contributed by atoms with van der Waals surface area (Å²) in [5.74, 6) is 0.958. The van der Waals surface area contributed by atoms with Crippen molar-refractivity contribution in [2.24, 2.45) is 11.3 Å². The fraction of sp³-hybridized carbons (Fsp3) is 0.667. The van der Waals surface area contributed by atoms with Crippen molar-refractivity contribution in [1.82, 2.24) is 4.98 Å². The molecule has 1 unspecified atom stereocenters. The molecule has 1 aliphatic heterocycles. The van der Waals surface area contributed by atoms with Gasteiger partial charge in [0.1, 0.15) is 0 Å². The van der Waals surface area contributed by atoms with E-state index < -0.39 is 0 Å². The normalized spacial score (nSPS) is 27.6. The van der Waals surface area contributed by atoms with Gasteiger partial charge in [-0.2, -0.15) is 0 Å². The number of piperidine rings is 1. The second-order valence-corrected chi connectivity index (χ2v) is 6.05. The summed E-state index contributed by atoms with van der Waals surface area (Å²) < 4.78 is 0. The van der Waals surface area contributed by atoms with E-state index in [1.165, 1.54) is 50.9 Å². The Morgan fingerprint density at radius 1 is 1.29 bits per heavy atom. The molecule has 1 saturated heterocycles. The van der Waals surface area contributed by atoms with Crippen molar-refractivity contribution < 1.29 is 0 Å². The Morgan fingerprint density at radius 2 is 2.12 bits per heavy atom. The molecule has 92 valence electrons. The molecule has 17 heavy (non-hydrogen) atoms. The summed E-state index contributed by atoms with van der Waals surface area (Å²) in [6, 6.07) is 4.22. The molecule has 1 atom stereocenters. The second-order valence-electron chi connectivity index (χ2n) is 6.05. The minimum Gasteiger partial charge on any atom is -0.370 e. The second kappa shape index (κ2) is 4.32. The molecule has 0 amide bonds. The number of pyridine rings is 1. The summed E-state index contributed by atoms with van der Waals surface area (Å²) in [4.78, 5) is 6.72. The molecular formula is C15H22N2. The number of rotatable bonds is 1. The Kier molecular flexibility index (Phi) is 2.81. The first kappa shape index (κ1) is 11.1. The summed E-state index contributed by atoms with van der Waals surface area (Å²) in [7, 11) is 0. The Bertz CT molecular complexity index is 366. The molecule has 2 heteroatoms. The van der Waals surface area contributed by atoms with Crippen molar-refractivity contribution in [3.63, 3.8) is 0 Å². The highest BCUT2D eigenvalue weighted by molar-refractivity contribution is 5.44. The molecule has 2 fully saturated rings. The van der Waals surface area contributed by atoms with Crippen molar-refractivity contribution in [2.45, 2.75) is 39.0 Å². The average Bonchev–Trinajstić information content (AvgIpc) is 2.73. The van der Waals surface area contributed by atoms with E-state index in [1.54, 1.807) is 0 Å². The molecule has 2 heterocycles. The Morgan fingerprint density at radius 3 is 2.71 bits per heavy atom. The number of aromatic nitrogens is 1. The molecular weight excluding hydrogens is 208 g/mol. The maximum Gasteiger partial charge on any atom is 0.0552 e. The van der Waals surface area contributed by atoms with Crippen LogP contribution >= 0.6 is 0 Å². The van der Waals surface area contributed by atoms with Crippen molar-refractivity contribution >= 4 is 5.69 Å². The maximum absolute atomic E-state index is 4.22. The van der Waals surface area contributed by atoms with Crippen LogP contribution in [0.3, 0.4) is 0 Å². The van der Waals surface area contributed by atoms with E-state index in [1.807, 2.05) is 18.5 Å². The fourth-order valence-electron chi connectivity index (χ4n) is 3.73. The predicted octanol–water partition coefficient (Wildman–Crippen LogP) is 3.49. The zero-order chi connectivity index (χ0) is 11.7. The molecule has 0 aromatic carbocycles. The van der Waals surface area contributed by atoms with Crippen LogP contribution in [0.1, 0.15) is 39.0 Å². The number of hydrogen-bond donors (Lipinski definition) is 0. The first-order chi connectivity index (χ1) is 8.27. The van der Waals surface area contributed by atoms with Gasteiger partial charge in [-0.3, -0.25) is 4.98 Å². The summed E-state index contributed by atoms with van der Waals surface area (Å²) in [5, 5.41) is 0. The number of hydrogen-bond acceptors (Lipinski definition) is 2. The minimum atomic E-state index is 0.693. The Hall–Kier alpha value is -1.05.